The molecule has 1 amide bonds. The van der Waals surface area contributed by atoms with E-state index in [1.165, 1.54) is 7.11 Å². The lowest BCUT2D eigenvalue weighted by Gasteiger charge is -2.27. The summed E-state index contributed by atoms with van der Waals surface area (Å²) in [7, 11) is 1.43. The van der Waals surface area contributed by atoms with Crippen LogP contribution in [-0.2, 0) is 20.7 Å². The number of nitrogens with zero attached hydrogens (tertiary/aromatic N) is 2. The molecule has 7 nitrogen and oxygen atoms in total. The molecule has 0 radical (unpaired) electrons. The van der Waals surface area contributed by atoms with Crippen molar-refractivity contribution < 1.29 is 14.3 Å². The zero-order chi connectivity index (χ0) is 18.4. The number of ether oxygens (including phenoxy) is 1. The Morgan fingerprint density at radius 3 is 2.65 bits per heavy atom. The molecule has 0 spiro atoms. The fraction of sp³-hybridized carbons (Fsp3) is 0.737. The van der Waals surface area contributed by atoms with Crippen LogP contribution in [0.25, 0.3) is 0 Å². The second-order valence-electron chi connectivity index (χ2n) is 7.43. The second kappa shape index (κ2) is 9.16. The van der Waals surface area contributed by atoms with E-state index in [2.05, 4.69) is 26.4 Å². The van der Waals surface area contributed by atoms with Crippen LogP contribution in [0, 0.1) is 5.92 Å². The van der Waals surface area contributed by atoms with Gasteiger partial charge in [-0.25, -0.2) is 4.98 Å². The number of hydrogen-bond acceptors (Lipinski definition) is 5. The van der Waals surface area contributed by atoms with E-state index in [9.17, 15) is 9.59 Å². The third-order valence-corrected chi connectivity index (χ3v) is 5.62. The smallest absolute Gasteiger partial charge is 0.308 e. The van der Waals surface area contributed by atoms with Crippen molar-refractivity contribution in [1.29, 1.82) is 0 Å². The molecular weight excluding hydrogens is 332 g/mol. The second-order valence-corrected chi connectivity index (χ2v) is 7.43. The van der Waals surface area contributed by atoms with Gasteiger partial charge in [0, 0.05) is 24.7 Å². The van der Waals surface area contributed by atoms with E-state index >= 15 is 0 Å². The summed E-state index contributed by atoms with van der Waals surface area (Å²) < 4.78 is 7.00. The average molecular weight is 362 g/mol. The van der Waals surface area contributed by atoms with Gasteiger partial charge in [0.2, 0.25) is 5.91 Å². The lowest BCUT2D eigenvalue weighted by Crippen LogP contribution is -2.39. The third kappa shape index (κ3) is 5.06. The number of hydrogen-bond donors (Lipinski definition) is 2. The number of methoxy groups -OCH3 is 1. The van der Waals surface area contributed by atoms with Gasteiger partial charge in [-0.2, -0.15) is 0 Å². The van der Waals surface area contributed by atoms with E-state index in [1.54, 1.807) is 0 Å². The lowest BCUT2D eigenvalue weighted by atomic mass is 9.86. The van der Waals surface area contributed by atoms with Crippen LogP contribution in [0.2, 0.25) is 0 Å². The number of aryl methyl sites for hydroxylation is 1. The van der Waals surface area contributed by atoms with Gasteiger partial charge in [0.1, 0.15) is 0 Å². The fourth-order valence-corrected chi connectivity index (χ4v) is 3.99. The Kier molecular flexibility index (Phi) is 6.66. The largest absolute Gasteiger partial charge is 0.469 e. The Balaban J connectivity index is 1.38. The maximum Gasteiger partial charge on any atom is 0.308 e. The maximum atomic E-state index is 12.2. The highest BCUT2D eigenvalue weighted by molar-refractivity contribution is 5.76. The van der Waals surface area contributed by atoms with Crippen molar-refractivity contribution in [3.05, 3.63) is 18.2 Å². The third-order valence-electron chi connectivity index (χ3n) is 5.62. The van der Waals surface area contributed by atoms with Gasteiger partial charge in [-0.3, -0.25) is 9.59 Å². The molecule has 1 aliphatic carbocycles. The van der Waals surface area contributed by atoms with E-state index in [1.807, 2.05) is 6.33 Å². The summed E-state index contributed by atoms with van der Waals surface area (Å²) in [5, 5.41) is 6.47. The molecule has 0 unspecified atom stereocenters. The van der Waals surface area contributed by atoms with Gasteiger partial charge in [0.25, 0.3) is 0 Å². The van der Waals surface area contributed by atoms with Gasteiger partial charge < -0.3 is 19.9 Å². The van der Waals surface area contributed by atoms with Crippen molar-refractivity contribution >= 4 is 11.9 Å². The van der Waals surface area contributed by atoms with Crippen molar-refractivity contribution in [3.8, 4) is 0 Å². The van der Waals surface area contributed by atoms with Crippen LogP contribution in [0.4, 0.5) is 0 Å². The molecule has 0 bridgehead atoms. The van der Waals surface area contributed by atoms with Gasteiger partial charge in [0.05, 0.1) is 25.0 Å². The molecule has 2 aliphatic rings. The summed E-state index contributed by atoms with van der Waals surface area (Å²) in [4.78, 5) is 28.2. The predicted octanol–water partition coefficient (Wildman–Crippen LogP) is 1.59. The SMILES string of the molecule is COC(=O)C1CCC(NC(=O)CCc2cn(C3CCNCC3)cn2)CC1. The highest BCUT2D eigenvalue weighted by Crippen LogP contribution is 2.25. The van der Waals surface area contributed by atoms with Crippen molar-refractivity contribution in [2.75, 3.05) is 20.2 Å². The molecule has 0 aromatic carbocycles. The standard InChI is InChI=1S/C19H30N4O3/c1-26-19(25)14-2-4-15(5-3-14)22-18(24)7-6-16-12-23(13-21-16)17-8-10-20-11-9-17/h12-15,17,20H,2-11H2,1H3,(H,22,24). The molecule has 3 rings (SSSR count). The highest BCUT2D eigenvalue weighted by Gasteiger charge is 2.27. The van der Waals surface area contributed by atoms with E-state index in [-0.39, 0.29) is 23.8 Å². The minimum absolute atomic E-state index is 0.00731. The van der Waals surface area contributed by atoms with Gasteiger partial charge in [-0.05, 0) is 58.0 Å². The number of carbonyl (C=O) groups is 2. The summed E-state index contributed by atoms with van der Waals surface area (Å²) in [6, 6.07) is 0.701. The number of aromatic nitrogens is 2. The number of nitrogens with one attached hydrogen (secondary N) is 2. The molecule has 1 aromatic heterocycles. The molecule has 1 aromatic rings. The van der Waals surface area contributed by atoms with Crippen LogP contribution in [0.5, 0.6) is 0 Å². The first-order valence-electron chi connectivity index (χ1n) is 9.76. The Morgan fingerprint density at radius 2 is 1.96 bits per heavy atom. The van der Waals surface area contributed by atoms with E-state index in [0.717, 1.165) is 57.3 Å². The monoisotopic (exact) mass is 362 g/mol. The topological polar surface area (TPSA) is 85.2 Å². The maximum absolute atomic E-state index is 12.2. The number of carbonyl (C=O) groups excluding carboxylic acids is 2. The molecule has 2 N–H and O–H groups in total. The van der Waals surface area contributed by atoms with Crippen LogP contribution in [0.15, 0.2) is 12.5 Å². The summed E-state index contributed by atoms with van der Waals surface area (Å²) >= 11 is 0. The molecule has 1 saturated heterocycles. The number of esters is 1. The van der Waals surface area contributed by atoms with Crippen LogP contribution in [0.3, 0.4) is 0 Å². The predicted molar refractivity (Wildman–Crippen MR) is 97.6 cm³/mol. The Hall–Kier alpha value is -1.89. The quantitative estimate of drug-likeness (QED) is 0.751. The van der Waals surface area contributed by atoms with Gasteiger partial charge in [0.15, 0.2) is 0 Å². The summed E-state index contributed by atoms with van der Waals surface area (Å²) in [5.74, 6) is -0.0610. The first-order valence-corrected chi connectivity index (χ1v) is 9.76. The van der Waals surface area contributed by atoms with Crippen LogP contribution >= 0.6 is 0 Å². The van der Waals surface area contributed by atoms with Gasteiger partial charge in [-0.15, -0.1) is 0 Å². The normalized spacial score (nSPS) is 24.2. The number of amides is 1. The van der Waals surface area contributed by atoms with E-state index < -0.39 is 0 Å². The molecular formula is C19H30N4O3. The Labute approximate surface area is 154 Å². The van der Waals surface area contributed by atoms with Crippen molar-refractivity contribution in [3.63, 3.8) is 0 Å². The van der Waals surface area contributed by atoms with Crippen LogP contribution in [0.1, 0.15) is 56.7 Å². The minimum atomic E-state index is -0.126. The van der Waals surface area contributed by atoms with Gasteiger partial charge >= 0.3 is 5.97 Å². The molecule has 26 heavy (non-hydrogen) atoms. The number of rotatable bonds is 6. The molecule has 7 heteroatoms. The van der Waals surface area contributed by atoms with Crippen molar-refractivity contribution in [1.82, 2.24) is 20.2 Å². The molecule has 2 fully saturated rings. The molecule has 1 saturated carbocycles. The molecule has 0 atom stereocenters. The van der Waals surface area contributed by atoms with Crippen molar-refractivity contribution in [2.24, 2.45) is 5.92 Å². The Bertz CT molecular complexity index is 602. The first kappa shape index (κ1) is 18.9. The van der Waals surface area contributed by atoms with Gasteiger partial charge in [-0.1, -0.05) is 0 Å². The molecule has 1 aliphatic heterocycles. The summed E-state index contributed by atoms with van der Waals surface area (Å²) in [6.45, 7) is 2.11. The number of piperidine rings is 1. The van der Waals surface area contributed by atoms with E-state index in [0.29, 0.717) is 18.9 Å². The fourth-order valence-electron chi connectivity index (χ4n) is 3.99. The van der Waals surface area contributed by atoms with E-state index in [4.69, 9.17) is 4.74 Å². The Morgan fingerprint density at radius 1 is 1.23 bits per heavy atom. The van der Waals surface area contributed by atoms with Crippen LogP contribution in [-0.4, -0.2) is 47.7 Å². The minimum Gasteiger partial charge on any atom is -0.469 e. The zero-order valence-electron chi connectivity index (χ0n) is 15.6. The highest BCUT2D eigenvalue weighted by atomic mass is 16.5. The van der Waals surface area contributed by atoms with Crippen LogP contribution < -0.4 is 10.6 Å². The lowest BCUT2D eigenvalue weighted by molar-refractivity contribution is -0.146. The first-order chi connectivity index (χ1) is 12.7. The average Bonchev–Trinajstić information content (AvgIpc) is 3.16. The molecule has 2 heterocycles. The molecule has 144 valence electrons. The van der Waals surface area contributed by atoms with Crippen molar-refractivity contribution in [2.45, 2.75) is 63.5 Å². The zero-order valence-corrected chi connectivity index (χ0v) is 15.6. The summed E-state index contributed by atoms with van der Waals surface area (Å²) in [6.07, 6.45) is 10.6. The summed E-state index contributed by atoms with van der Waals surface area (Å²) in [5.41, 5.74) is 0.980. The number of imidazole rings is 1.